The number of carbonyl (C=O) groups excluding carboxylic acids is 5. The number of amides is 4. The van der Waals surface area contributed by atoms with Gasteiger partial charge < -0.3 is 69.4 Å². The number of Topliss-reactive ketones (excluding diaryl/α,β-unsaturated/α-hetero) is 1. The molecule has 99 heavy (non-hydrogen) atoms. The van der Waals surface area contributed by atoms with E-state index in [0.29, 0.717) is 177 Å². The summed E-state index contributed by atoms with van der Waals surface area (Å²) in [5, 5.41) is 49.0. The molecule has 3 aromatic rings. The molecule has 2 heterocycles. The van der Waals surface area contributed by atoms with Crippen molar-refractivity contribution < 1.29 is 87.3 Å². The van der Waals surface area contributed by atoms with Gasteiger partial charge in [-0.2, -0.15) is 5.10 Å². The first kappa shape index (κ1) is 82.0. The van der Waals surface area contributed by atoms with Gasteiger partial charge in [-0.1, -0.05) is 39.2 Å². The highest BCUT2D eigenvalue weighted by molar-refractivity contribution is 5.97. The maximum absolute atomic E-state index is 14.0. The molecular weight excluding hydrogens is 1280 g/mol. The SMILES string of the molecule is COc1cccc(OC)c1-c1cc(C(=O)N[C@H](C(=O)O)C2CCCCC2)nn1-c1ccc(C(=O)N(C)CCCN(C)CCCN(C)C(=O)CCC(=O)CCCCOCCOCCOCCCNC(=O)CN2CCN(CC(=O)O)CCN(CC(=O)O)CCN(CC(=O)O)CC2)cc1C(C)C. The average Bonchev–Trinajstić information content (AvgIpc) is 1.66. The number of unbranched alkanes of at least 4 members (excludes halogenated alkanes) is 1. The number of hydrogen-bond acceptors (Lipinski definition) is 20. The number of aliphatic carboxylic acids is 4. The van der Waals surface area contributed by atoms with E-state index in [4.69, 9.17) is 28.8 Å². The number of nitrogens with one attached hydrogen (secondary N) is 2. The van der Waals surface area contributed by atoms with Gasteiger partial charge in [0.05, 0.1) is 83.8 Å². The van der Waals surface area contributed by atoms with Crippen molar-refractivity contribution in [1.82, 2.24) is 54.7 Å². The molecule has 2 aromatic carbocycles. The lowest BCUT2D eigenvalue weighted by atomic mass is 9.84. The predicted molar refractivity (Wildman–Crippen MR) is 370 cm³/mol. The number of ether oxygens (including phenoxy) is 5. The topological polar surface area (TPSA) is 345 Å². The Balaban J connectivity index is 0.918. The van der Waals surface area contributed by atoms with Gasteiger partial charge in [0, 0.05) is 124 Å². The minimum Gasteiger partial charge on any atom is -0.496 e. The average molecular weight is 1390 g/mol. The molecule has 1 atom stereocenters. The van der Waals surface area contributed by atoms with E-state index in [1.54, 1.807) is 73.6 Å². The number of hydrogen-bond donors (Lipinski definition) is 6. The quantitative estimate of drug-likeness (QED) is 0.0431. The lowest BCUT2D eigenvalue weighted by molar-refractivity contribution is -0.141. The van der Waals surface area contributed by atoms with Gasteiger partial charge in [-0.05, 0) is 119 Å². The van der Waals surface area contributed by atoms with Crippen molar-refractivity contribution in [3.05, 3.63) is 59.3 Å². The molecule has 0 radical (unpaired) electrons. The van der Waals surface area contributed by atoms with Gasteiger partial charge >= 0.3 is 23.9 Å². The lowest BCUT2D eigenvalue weighted by Crippen LogP contribution is -2.49. The van der Waals surface area contributed by atoms with Crippen LogP contribution in [-0.2, 0) is 47.8 Å². The summed E-state index contributed by atoms with van der Waals surface area (Å²) < 4.78 is 30.1. The smallest absolute Gasteiger partial charge is 0.326 e. The van der Waals surface area contributed by atoms with Crippen molar-refractivity contribution in [2.24, 2.45) is 5.92 Å². The zero-order chi connectivity index (χ0) is 72.2. The van der Waals surface area contributed by atoms with Gasteiger partial charge in [-0.25, -0.2) is 9.48 Å². The molecule has 6 N–H and O–H groups in total. The van der Waals surface area contributed by atoms with Gasteiger partial charge in [0.2, 0.25) is 11.8 Å². The number of methoxy groups -OCH3 is 2. The van der Waals surface area contributed by atoms with E-state index in [1.165, 1.54) is 14.2 Å². The molecule has 1 aliphatic heterocycles. The van der Waals surface area contributed by atoms with E-state index in [1.807, 2.05) is 37.9 Å². The summed E-state index contributed by atoms with van der Waals surface area (Å²) >= 11 is 0. The highest BCUT2D eigenvalue weighted by Gasteiger charge is 2.33. The van der Waals surface area contributed by atoms with E-state index >= 15 is 0 Å². The fourth-order valence-electron chi connectivity index (χ4n) is 12.2. The van der Waals surface area contributed by atoms with Crippen LogP contribution in [0.5, 0.6) is 11.5 Å². The van der Waals surface area contributed by atoms with Crippen molar-refractivity contribution in [1.29, 1.82) is 0 Å². The Bertz CT molecular complexity index is 3000. The molecule has 1 saturated carbocycles. The van der Waals surface area contributed by atoms with Crippen LogP contribution in [0.15, 0.2) is 42.5 Å². The van der Waals surface area contributed by atoms with Gasteiger partial charge in [0.25, 0.3) is 11.8 Å². The number of ketones is 1. The molecule has 2 fully saturated rings. The van der Waals surface area contributed by atoms with Crippen molar-refractivity contribution in [3.8, 4) is 28.4 Å². The molecule has 1 aliphatic carbocycles. The van der Waals surface area contributed by atoms with Crippen molar-refractivity contribution in [2.75, 3.05) is 186 Å². The molecule has 29 nitrogen and oxygen atoms in total. The highest BCUT2D eigenvalue weighted by atomic mass is 16.5. The number of nitrogens with zero attached hydrogens (tertiary/aromatic N) is 9. The van der Waals surface area contributed by atoms with Crippen molar-refractivity contribution >= 4 is 53.3 Å². The number of carboxylic acids is 4. The summed E-state index contributed by atoms with van der Waals surface area (Å²) in [4.78, 5) is 126. The second-order valence-corrected chi connectivity index (χ2v) is 25.9. The van der Waals surface area contributed by atoms with E-state index < -0.39 is 35.8 Å². The number of carbonyl (C=O) groups is 9. The first-order valence-electron chi connectivity index (χ1n) is 34.7. The standard InChI is InChI=1S/C70H109N11O18/c1-51(2)55-45-53(22-24-57(55)81-58(66-59(95-6)20-13-21-60(66)96-7)46-56(73-81)68(91)72-67(70(93)94)52-17-9-8-10-18-52)69(92)76(5)30-16-28-74(3)27-15-29-75(4)62(84)25-23-54(82)19-11-12-39-97-41-43-99-44-42-98-40-14-26-71-61(83)47-77-31-33-78(48-63(85)86)35-37-80(50-65(89)90)38-36-79(34-32-77)49-64(87)88/h13,20-22,24,45-46,51-52,67H,8-12,14-19,23,25-44,47-50H2,1-7H3,(H,71,83)(H,72,91)(H,85,86)(H,87,88)(H,89,90)(H,93,94)/t67-/m0/s1. The van der Waals surface area contributed by atoms with Crippen LogP contribution < -0.4 is 20.1 Å². The Morgan fingerprint density at radius 3 is 1.62 bits per heavy atom. The molecule has 4 amide bonds. The minimum absolute atomic E-state index is 0.0156. The minimum atomic E-state index is -1.09. The molecular formula is C70H109N11O18. The largest absolute Gasteiger partial charge is 0.496 e. The summed E-state index contributed by atoms with van der Waals surface area (Å²) in [6.45, 7) is 11.0. The molecule has 5 rings (SSSR count). The van der Waals surface area contributed by atoms with E-state index in [0.717, 1.165) is 44.3 Å². The number of carboxylic acid groups (broad SMARTS) is 4. The summed E-state index contributed by atoms with van der Waals surface area (Å²) in [6, 6.07) is 11.3. The molecule has 0 bridgehead atoms. The first-order valence-corrected chi connectivity index (χ1v) is 34.7. The Morgan fingerprint density at radius 2 is 1.10 bits per heavy atom. The maximum Gasteiger partial charge on any atom is 0.326 e. The summed E-state index contributed by atoms with van der Waals surface area (Å²) in [5.74, 6) is -4.55. The second-order valence-electron chi connectivity index (χ2n) is 25.9. The Morgan fingerprint density at radius 1 is 0.586 bits per heavy atom. The predicted octanol–water partition coefficient (Wildman–Crippen LogP) is 4.24. The molecule has 2 aliphatic rings. The highest BCUT2D eigenvalue weighted by Crippen LogP contribution is 2.41. The van der Waals surface area contributed by atoms with Crippen molar-refractivity contribution in [2.45, 2.75) is 109 Å². The number of aromatic nitrogens is 2. The van der Waals surface area contributed by atoms with Crippen LogP contribution >= 0.6 is 0 Å². The van der Waals surface area contributed by atoms with Crippen LogP contribution in [0.25, 0.3) is 16.9 Å². The normalized spacial score (nSPS) is 15.2. The third-order valence-electron chi connectivity index (χ3n) is 17.8. The Kier molecular flexibility index (Phi) is 36.9. The third kappa shape index (κ3) is 29.6. The van der Waals surface area contributed by atoms with Gasteiger partial charge in [0.1, 0.15) is 23.3 Å². The molecule has 552 valence electrons. The third-order valence-corrected chi connectivity index (χ3v) is 17.8. The summed E-state index contributed by atoms with van der Waals surface area (Å²) in [7, 11) is 8.61. The summed E-state index contributed by atoms with van der Waals surface area (Å²) in [5.41, 5.74) is 2.93. The van der Waals surface area contributed by atoms with Crippen LogP contribution in [0.4, 0.5) is 0 Å². The molecule has 1 aromatic heterocycles. The van der Waals surface area contributed by atoms with E-state index in [9.17, 15) is 63.6 Å². The number of benzene rings is 2. The number of rotatable bonds is 44. The zero-order valence-electron chi connectivity index (χ0n) is 59.3. The second kappa shape index (κ2) is 44.5. The van der Waals surface area contributed by atoms with Gasteiger partial charge in [-0.15, -0.1) is 0 Å². The zero-order valence-corrected chi connectivity index (χ0v) is 59.3. The molecule has 1 saturated heterocycles. The molecule has 29 heteroatoms. The van der Waals surface area contributed by atoms with Crippen molar-refractivity contribution in [3.63, 3.8) is 0 Å². The first-order chi connectivity index (χ1) is 47.5. The van der Waals surface area contributed by atoms with E-state index in [-0.39, 0.29) is 93.1 Å². The molecule has 0 spiro atoms. The maximum atomic E-state index is 14.0. The fourth-order valence-corrected chi connectivity index (χ4v) is 12.2. The van der Waals surface area contributed by atoms with Crippen LogP contribution in [0.2, 0.25) is 0 Å². The van der Waals surface area contributed by atoms with Crippen LogP contribution in [0.1, 0.15) is 130 Å². The van der Waals surface area contributed by atoms with Crippen LogP contribution in [-0.4, -0.2) is 310 Å². The Labute approximate surface area is 582 Å². The van der Waals surface area contributed by atoms with Gasteiger partial charge in [0.15, 0.2) is 5.69 Å². The van der Waals surface area contributed by atoms with Gasteiger partial charge in [-0.3, -0.25) is 58.0 Å². The van der Waals surface area contributed by atoms with Crippen LogP contribution in [0, 0.1) is 5.92 Å². The van der Waals surface area contributed by atoms with E-state index in [2.05, 4.69) is 15.5 Å². The Hall–Kier alpha value is -7.64. The molecule has 0 unspecified atom stereocenters. The van der Waals surface area contributed by atoms with Crippen LogP contribution in [0.3, 0.4) is 0 Å². The lowest BCUT2D eigenvalue weighted by Gasteiger charge is -2.32. The summed E-state index contributed by atoms with van der Waals surface area (Å²) in [6.07, 6.45) is 8.33. The fraction of sp³-hybridized carbons (Fsp3) is 0.657. The monoisotopic (exact) mass is 1390 g/mol.